The number of aromatic carboxylic acids is 1. The Hall–Kier alpha value is -1.03. The lowest BCUT2D eigenvalue weighted by atomic mass is 9.86. The zero-order valence-corrected chi connectivity index (χ0v) is 11.3. The summed E-state index contributed by atoms with van der Waals surface area (Å²) in [7, 11) is 0. The summed E-state index contributed by atoms with van der Waals surface area (Å²) >= 11 is 3.25. The number of hydrogen-bond donors (Lipinski definition) is 1. The number of halogens is 1. The Balaban J connectivity index is 2.16. The van der Waals surface area contributed by atoms with Crippen LogP contribution in [0.1, 0.15) is 35.2 Å². The predicted octanol–water partition coefficient (Wildman–Crippen LogP) is 3.63. The van der Waals surface area contributed by atoms with Crippen LogP contribution in [-0.4, -0.2) is 17.7 Å². The molecule has 1 aromatic rings. The van der Waals surface area contributed by atoms with Crippen LogP contribution in [0.25, 0.3) is 0 Å². The lowest BCUT2D eigenvalue weighted by molar-refractivity contribution is 0.0694. The van der Waals surface area contributed by atoms with E-state index in [9.17, 15) is 4.79 Å². The summed E-state index contributed by atoms with van der Waals surface area (Å²) in [6, 6.07) is 3.55. The van der Waals surface area contributed by atoms with E-state index in [1.165, 1.54) is 19.3 Å². The molecule has 0 heterocycles. The van der Waals surface area contributed by atoms with Crippen LogP contribution in [0.4, 0.5) is 0 Å². The van der Waals surface area contributed by atoms with Gasteiger partial charge in [-0.2, -0.15) is 0 Å². The van der Waals surface area contributed by atoms with Crippen LogP contribution in [0.15, 0.2) is 16.6 Å². The van der Waals surface area contributed by atoms with Gasteiger partial charge in [-0.1, -0.05) is 6.42 Å². The zero-order valence-electron chi connectivity index (χ0n) is 9.70. The molecule has 2 rings (SSSR count). The molecular formula is C13H15BrO3. The number of benzene rings is 1. The van der Waals surface area contributed by atoms with E-state index in [2.05, 4.69) is 15.9 Å². The van der Waals surface area contributed by atoms with E-state index in [1.54, 1.807) is 13.0 Å². The molecule has 17 heavy (non-hydrogen) atoms. The first-order chi connectivity index (χ1) is 8.09. The highest BCUT2D eigenvalue weighted by Gasteiger charge is 2.20. The van der Waals surface area contributed by atoms with Crippen molar-refractivity contribution in [2.24, 2.45) is 5.92 Å². The van der Waals surface area contributed by atoms with Crippen molar-refractivity contribution in [1.29, 1.82) is 0 Å². The van der Waals surface area contributed by atoms with Gasteiger partial charge in [-0.05, 0) is 53.7 Å². The Kier molecular flexibility index (Phi) is 3.72. The smallest absolute Gasteiger partial charge is 0.337 e. The highest BCUT2D eigenvalue weighted by Crippen LogP contribution is 2.31. The largest absolute Gasteiger partial charge is 0.493 e. The maximum Gasteiger partial charge on any atom is 0.337 e. The van der Waals surface area contributed by atoms with E-state index in [0.717, 1.165) is 0 Å². The molecule has 1 aliphatic rings. The molecule has 0 unspecified atom stereocenters. The van der Waals surface area contributed by atoms with Gasteiger partial charge in [0.1, 0.15) is 5.75 Å². The molecule has 0 aromatic heterocycles. The van der Waals surface area contributed by atoms with E-state index in [-0.39, 0.29) is 5.56 Å². The van der Waals surface area contributed by atoms with Crippen molar-refractivity contribution in [3.63, 3.8) is 0 Å². The Bertz CT molecular complexity index is 439. The van der Waals surface area contributed by atoms with Gasteiger partial charge in [0, 0.05) is 10.0 Å². The zero-order chi connectivity index (χ0) is 12.4. The van der Waals surface area contributed by atoms with E-state index >= 15 is 0 Å². The molecule has 0 bridgehead atoms. The fourth-order valence-corrected chi connectivity index (χ4v) is 2.54. The van der Waals surface area contributed by atoms with Gasteiger partial charge < -0.3 is 9.84 Å². The van der Waals surface area contributed by atoms with Crippen molar-refractivity contribution < 1.29 is 14.6 Å². The van der Waals surface area contributed by atoms with Crippen molar-refractivity contribution in [2.75, 3.05) is 6.61 Å². The van der Waals surface area contributed by atoms with Gasteiger partial charge in [0.25, 0.3) is 0 Å². The van der Waals surface area contributed by atoms with E-state index in [4.69, 9.17) is 9.84 Å². The molecule has 0 saturated heterocycles. The van der Waals surface area contributed by atoms with Gasteiger partial charge in [0.05, 0.1) is 12.2 Å². The van der Waals surface area contributed by atoms with Gasteiger partial charge in [-0.25, -0.2) is 4.79 Å². The monoisotopic (exact) mass is 298 g/mol. The van der Waals surface area contributed by atoms with Crippen molar-refractivity contribution in [3.8, 4) is 5.75 Å². The molecule has 1 aliphatic carbocycles. The second-order valence-electron chi connectivity index (χ2n) is 4.46. The molecular weight excluding hydrogens is 284 g/mol. The Morgan fingerprint density at radius 3 is 2.76 bits per heavy atom. The normalized spacial score (nSPS) is 15.4. The molecule has 0 atom stereocenters. The minimum Gasteiger partial charge on any atom is -0.493 e. The summed E-state index contributed by atoms with van der Waals surface area (Å²) in [6.45, 7) is 2.48. The van der Waals surface area contributed by atoms with Crippen LogP contribution >= 0.6 is 15.9 Å². The van der Waals surface area contributed by atoms with E-state index in [1.807, 2.05) is 6.07 Å². The molecule has 4 heteroatoms. The second-order valence-corrected chi connectivity index (χ2v) is 5.31. The second kappa shape index (κ2) is 5.08. The number of carboxylic acids is 1. The highest BCUT2D eigenvalue weighted by molar-refractivity contribution is 9.10. The summed E-state index contributed by atoms with van der Waals surface area (Å²) in [4.78, 5) is 11.1. The summed E-state index contributed by atoms with van der Waals surface area (Å²) < 4.78 is 6.30. The Labute approximate surface area is 109 Å². The van der Waals surface area contributed by atoms with Crippen molar-refractivity contribution >= 4 is 21.9 Å². The highest BCUT2D eigenvalue weighted by atomic mass is 79.9. The van der Waals surface area contributed by atoms with Crippen LogP contribution in [0, 0.1) is 12.8 Å². The van der Waals surface area contributed by atoms with E-state index in [0.29, 0.717) is 28.3 Å². The molecule has 0 spiro atoms. The first kappa shape index (κ1) is 12.4. The summed E-state index contributed by atoms with van der Waals surface area (Å²) in [5.41, 5.74) is 0.974. The van der Waals surface area contributed by atoms with Crippen LogP contribution < -0.4 is 4.74 Å². The molecule has 92 valence electrons. The first-order valence-corrected chi connectivity index (χ1v) is 6.54. The van der Waals surface area contributed by atoms with Crippen LogP contribution in [0.2, 0.25) is 0 Å². The first-order valence-electron chi connectivity index (χ1n) is 5.74. The molecule has 1 fully saturated rings. The Morgan fingerprint density at radius 2 is 2.24 bits per heavy atom. The van der Waals surface area contributed by atoms with Gasteiger partial charge in [0.2, 0.25) is 0 Å². The minimum absolute atomic E-state index is 0.288. The average molecular weight is 299 g/mol. The van der Waals surface area contributed by atoms with Crippen molar-refractivity contribution in [3.05, 3.63) is 27.7 Å². The van der Waals surface area contributed by atoms with Gasteiger partial charge in [-0.3, -0.25) is 0 Å². The third-order valence-corrected chi connectivity index (χ3v) is 3.94. The topological polar surface area (TPSA) is 46.5 Å². The lowest BCUT2D eigenvalue weighted by Crippen LogP contribution is -2.19. The molecule has 3 nitrogen and oxygen atoms in total. The molecule has 1 N–H and O–H groups in total. The quantitative estimate of drug-likeness (QED) is 0.923. The van der Waals surface area contributed by atoms with Gasteiger partial charge >= 0.3 is 5.97 Å². The number of carboxylic acid groups (broad SMARTS) is 1. The maximum atomic E-state index is 11.1. The SMILES string of the molecule is Cc1c(OCC2CCC2)ccc(Br)c1C(=O)O. The van der Waals surface area contributed by atoms with Gasteiger partial charge in [-0.15, -0.1) is 0 Å². The molecule has 0 radical (unpaired) electrons. The summed E-state index contributed by atoms with van der Waals surface area (Å²) in [5, 5.41) is 9.12. The lowest BCUT2D eigenvalue weighted by Gasteiger charge is -2.25. The maximum absolute atomic E-state index is 11.1. The van der Waals surface area contributed by atoms with Crippen LogP contribution in [-0.2, 0) is 0 Å². The van der Waals surface area contributed by atoms with E-state index < -0.39 is 5.97 Å². The number of rotatable bonds is 4. The van der Waals surface area contributed by atoms with Crippen LogP contribution in [0.3, 0.4) is 0 Å². The molecule has 0 amide bonds. The fourth-order valence-electron chi connectivity index (χ4n) is 1.95. The standard InChI is InChI=1S/C13H15BrO3/c1-8-11(17-7-9-3-2-4-9)6-5-10(14)12(8)13(15)16/h5-6,9H,2-4,7H2,1H3,(H,15,16). The molecule has 0 aliphatic heterocycles. The minimum atomic E-state index is -0.927. The molecule has 1 saturated carbocycles. The Morgan fingerprint density at radius 1 is 1.53 bits per heavy atom. The third-order valence-electron chi connectivity index (χ3n) is 3.28. The van der Waals surface area contributed by atoms with Crippen molar-refractivity contribution in [2.45, 2.75) is 26.2 Å². The summed E-state index contributed by atoms with van der Waals surface area (Å²) in [6.07, 6.45) is 3.73. The predicted molar refractivity (Wildman–Crippen MR) is 68.7 cm³/mol. The van der Waals surface area contributed by atoms with Crippen molar-refractivity contribution in [1.82, 2.24) is 0 Å². The third kappa shape index (κ3) is 2.63. The fraction of sp³-hybridized carbons (Fsp3) is 0.462. The average Bonchev–Trinajstić information content (AvgIpc) is 2.18. The van der Waals surface area contributed by atoms with Crippen LogP contribution in [0.5, 0.6) is 5.75 Å². The number of carbonyl (C=O) groups is 1. The number of hydrogen-bond acceptors (Lipinski definition) is 2. The number of ether oxygens (including phenoxy) is 1. The molecule has 1 aromatic carbocycles. The summed E-state index contributed by atoms with van der Waals surface area (Å²) in [5.74, 6) is 0.396. The van der Waals surface area contributed by atoms with Gasteiger partial charge in [0.15, 0.2) is 0 Å².